The van der Waals surface area contributed by atoms with E-state index in [0.717, 1.165) is 17.5 Å². The molecule has 0 spiro atoms. The van der Waals surface area contributed by atoms with E-state index >= 15 is 0 Å². The lowest BCUT2D eigenvalue weighted by Gasteiger charge is -2.11. The summed E-state index contributed by atoms with van der Waals surface area (Å²) in [6.07, 6.45) is 0.848. The Morgan fingerprint density at radius 1 is 1.25 bits per heavy atom. The maximum Gasteiger partial charge on any atom is 0.267 e. The molecule has 2 rings (SSSR count). The van der Waals surface area contributed by atoms with Gasteiger partial charge in [-0.15, -0.1) is 0 Å². The van der Waals surface area contributed by atoms with Crippen molar-refractivity contribution in [2.24, 2.45) is 0 Å². The Labute approximate surface area is 119 Å². The van der Waals surface area contributed by atoms with Gasteiger partial charge in [0.1, 0.15) is 5.69 Å². The molecule has 2 aromatic rings. The minimum Gasteiger partial charge on any atom is -0.360 e. The van der Waals surface area contributed by atoms with Crippen LogP contribution in [-0.4, -0.2) is 13.6 Å². The molecule has 0 aliphatic rings. The molecular formula is C14H18N2O3S. The van der Waals surface area contributed by atoms with Crippen molar-refractivity contribution in [2.75, 3.05) is 4.72 Å². The second-order valence-electron chi connectivity index (χ2n) is 4.76. The van der Waals surface area contributed by atoms with Gasteiger partial charge in [0.25, 0.3) is 10.0 Å². The molecule has 0 saturated carbocycles. The molecule has 0 unspecified atom stereocenters. The molecule has 0 aliphatic carbocycles. The molecule has 0 amide bonds. The van der Waals surface area contributed by atoms with Crippen LogP contribution in [0.5, 0.6) is 0 Å². The van der Waals surface area contributed by atoms with E-state index < -0.39 is 10.0 Å². The highest BCUT2D eigenvalue weighted by Crippen LogP contribution is 2.25. The highest BCUT2D eigenvalue weighted by Gasteiger charge is 2.24. The van der Waals surface area contributed by atoms with Gasteiger partial charge in [0.15, 0.2) is 10.7 Å². The number of anilines is 1. The third kappa shape index (κ3) is 2.70. The van der Waals surface area contributed by atoms with E-state index in [1.807, 2.05) is 32.0 Å². The van der Waals surface area contributed by atoms with Gasteiger partial charge in [0.2, 0.25) is 0 Å². The van der Waals surface area contributed by atoms with E-state index in [4.69, 9.17) is 4.52 Å². The molecule has 1 aromatic heterocycles. The topological polar surface area (TPSA) is 72.2 Å². The monoisotopic (exact) mass is 294 g/mol. The maximum absolute atomic E-state index is 12.4. The van der Waals surface area contributed by atoms with E-state index in [9.17, 15) is 8.42 Å². The summed E-state index contributed by atoms with van der Waals surface area (Å²) < 4.78 is 32.4. The number of aromatic nitrogens is 1. The number of nitrogens with one attached hydrogen (secondary N) is 1. The molecule has 1 heterocycles. The van der Waals surface area contributed by atoms with Crippen LogP contribution < -0.4 is 4.72 Å². The van der Waals surface area contributed by atoms with Gasteiger partial charge in [-0.2, -0.15) is 0 Å². The molecule has 20 heavy (non-hydrogen) atoms. The highest BCUT2D eigenvalue weighted by atomic mass is 32.2. The van der Waals surface area contributed by atoms with Gasteiger partial charge in [-0.3, -0.25) is 4.72 Å². The molecule has 1 N–H and O–H groups in total. The summed E-state index contributed by atoms with van der Waals surface area (Å²) in [5.41, 5.74) is 2.90. The van der Waals surface area contributed by atoms with Crippen LogP contribution in [0.4, 0.5) is 5.69 Å². The van der Waals surface area contributed by atoms with E-state index in [1.54, 1.807) is 13.8 Å². The van der Waals surface area contributed by atoms with Crippen LogP contribution in [-0.2, 0) is 16.4 Å². The minimum atomic E-state index is -3.69. The number of nitrogens with zero attached hydrogens (tertiary/aromatic N) is 1. The van der Waals surface area contributed by atoms with Crippen molar-refractivity contribution in [3.8, 4) is 0 Å². The van der Waals surface area contributed by atoms with Crippen molar-refractivity contribution < 1.29 is 12.9 Å². The molecule has 6 heteroatoms. The summed E-state index contributed by atoms with van der Waals surface area (Å²) in [5, 5.41) is 3.69. The lowest BCUT2D eigenvalue weighted by Crippen LogP contribution is -2.15. The first-order valence-corrected chi connectivity index (χ1v) is 7.88. The number of sulfonamides is 1. The molecule has 1 aromatic carbocycles. The van der Waals surface area contributed by atoms with E-state index in [-0.39, 0.29) is 4.90 Å². The zero-order chi connectivity index (χ0) is 14.9. The number of rotatable bonds is 4. The fraction of sp³-hybridized carbons (Fsp3) is 0.357. The van der Waals surface area contributed by atoms with Gasteiger partial charge < -0.3 is 4.52 Å². The Hall–Kier alpha value is -1.82. The Morgan fingerprint density at radius 2 is 1.95 bits per heavy atom. The summed E-state index contributed by atoms with van der Waals surface area (Å²) in [7, 11) is -3.69. The summed E-state index contributed by atoms with van der Waals surface area (Å²) in [6, 6.07) is 5.75. The van der Waals surface area contributed by atoms with Crippen LogP contribution in [0, 0.1) is 20.8 Å². The Morgan fingerprint density at radius 3 is 2.50 bits per heavy atom. The van der Waals surface area contributed by atoms with Crippen molar-refractivity contribution in [3.63, 3.8) is 0 Å². The summed E-state index contributed by atoms with van der Waals surface area (Å²) in [5.74, 6) is 0.291. The third-order valence-corrected chi connectivity index (χ3v) is 4.80. The molecule has 5 nitrogen and oxygen atoms in total. The van der Waals surface area contributed by atoms with Crippen LogP contribution in [0.15, 0.2) is 27.6 Å². The quantitative estimate of drug-likeness (QED) is 0.941. The summed E-state index contributed by atoms with van der Waals surface area (Å²) in [4.78, 5) is 0.110. The fourth-order valence-electron chi connectivity index (χ4n) is 2.05. The van der Waals surface area contributed by atoms with Gasteiger partial charge in [0, 0.05) is 0 Å². The first-order chi connectivity index (χ1) is 9.35. The predicted molar refractivity (Wildman–Crippen MR) is 77.3 cm³/mol. The van der Waals surface area contributed by atoms with Crippen molar-refractivity contribution >= 4 is 15.7 Å². The third-order valence-electron chi connectivity index (χ3n) is 3.19. The van der Waals surface area contributed by atoms with Crippen LogP contribution >= 0.6 is 0 Å². The van der Waals surface area contributed by atoms with Crippen LogP contribution in [0.1, 0.15) is 29.5 Å². The van der Waals surface area contributed by atoms with Gasteiger partial charge in [-0.25, -0.2) is 8.42 Å². The standard InChI is InChI=1S/C14H18N2O3S/c1-5-12-7-6-9(2)13(8-12)16-20(17,18)14-10(3)15-19-11(14)4/h6-8,16H,5H2,1-4H3. The minimum absolute atomic E-state index is 0.110. The normalized spacial score (nSPS) is 11.6. The zero-order valence-electron chi connectivity index (χ0n) is 12.0. The van der Waals surface area contributed by atoms with Gasteiger partial charge in [-0.1, -0.05) is 24.2 Å². The SMILES string of the molecule is CCc1ccc(C)c(NS(=O)(=O)c2c(C)noc2C)c1. The molecule has 0 fully saturated rings. The molecule has 0 atom stereocenters. The smallest absolute Gasteiger partial charge is 0.267 e. The summed E-state index contributed by atoms with van der Waals surface area (Å²) in [6.45, 7) is 7.09. The molecule has 0 radical (unpaired) electrons. The van der Waals surface area contributed by atoms with Gasteiger partial charge in [-0.05, 0) is 44.4 Å². The summed E-state index contributed by atoms with van der Waals surface area (Å²) >= 11 is 0. The van der Waals surface area contributed by atoms with Crippen molar-refractivity contribution in [3.05, 3.63) is 40.8 Å². The van der Waals surface area contributed by atoms with Crippen molar-refractivity contribution in [1.82, 2.24) is 5.16 Å². The van der Waals surface area contributed by atoms with Crippen molar-refractivity contribution in [2.45, 2.75) is 39.0 Å². The maximum atomic E-state index is 12.4. The lowest BCUT2D eigenvalue weighted by atomic mass is 10.1. The fourth-order valence-corrected chi connectivity index (χ4v) is 3.51. The number of hydrogen-bond acceptors (Lipinski definition) is 4. The van der Waals surface area contributed by atoms with Crippen LogP contribution in [0.2, 0.25) is 0 Å². The first kappa shape index (κ1) is 14.6. The van der Waals surface area contributed by atoms with Gasteiger partial charge >= 0.3 is 0 Å². The van der Waals surface area contributed by atoms with E-state index in [0.29, 0.717) is 17.1 Å². The van der Waals surface area contributed by atoms with Gasteiger partial charge in [0.05, 0.1) is 5.69 Å². The Kier molecular flexibility index (Phi) is 3.85. The molecular weight excluding hydrogens is 276 g/mol. The molecule has 0 saturated heterocycles. The Balaban J connectivity index is 2.43. The van der Waals surface area contributed by atoms with E-state index in [1.165, 1.54) is 0 Å². The Bertz CT molecular complexity index is 713. The van der Waals surface area contributed by atoms with Crippen LogP contribution in [0.25, 0.3) is 0 Å². The molecule has 108 valence electrons. The zero-order valence-corrected chi connectivity index (χ0v) is 12.8. The molecule has 0 aliphatic heterocycles. The number of hydrogen-bond donors (Lipinski definition) is 1. The average molecular weight is 294 g/mol. The van der Waals surface area contributed by atoms with Crippen LogP contribution in [0.3, 0.4) is 0 Å². The largest absolute Gasteiger partial charge is 0.360 e. The number of aryl methyl sites for hydroxylation is 4. The van der Waals surface area contributed by atoms with E-state index in [2.05, 4.69) is 9.88 Å². The highest BCUT2D eigenvalue weighted by molar-refractivity contribution is 7.92. The first-order valence-electron chi connectivity index (χ1n) is 6.40. The predicted octanol–water partition coefficient (Wildman–Crippen LogP) is 2.96. The lowest BCUT2D eigenvalue weighted by molar-refractivity contribution is 0.390. The number of benzene rings is 1. The average Bonchev–Trinajstić information content (AvgIpc) is 2.72. The second kappa shape index (κ2) is 5.28. The second-order valence-corrected chi connectivity index (χ2v) is 6.38. The molecule has 0 bridgehead atoms. The van der Waals surface area contributed by atoms with Crippen molar-refractivity contribution in [1.29, 1.82) is 0 Å².